The molecule has 2 fully saturated rings. The van der Waals surface area contributed by atoms with Crippen LogP contribution in [0.15, 0.2) is 24.3 Å². The molecule has 2 saturated heterocycles. The van der Waals surface area contributed by atoms with E-state index in [2.05, 4.69) is 47.9 Å². The first-order chi connectivity index (χ1) is 49.7. The number of nitrogens with zero attached hydrogens (tertiary/aromatic N) is 2. The van der Waals surface area contributed by atoms with Gasteiger partial charge in [0.2, 0.25) is 70.9 Å². The van der Waals surface area contributed by atoms with Crippen LogP contribution in [0.2, 0.25) is 0 Å². The Kier molecular flexibility index (Phi) is 39.5. The second-order valence-corrected chi connectivity index (χ2v) is 27.0. The Morgan fingerprint density at radius 2 is 0.857 bits per heavy atom. The Morgan fingerprint density at radius 1 is 0.467 bits per heavy atom. The summed E-state index contributed by atoms with van der Waals surface area (Å²) in [6, 6.07) is -11.5. The molecular weight excluding hydrogens is 1380 g/mol. The van der Waals surface area contributed by atoms with Crippen LogP contribution in [-0.2, 0) is 83.1 Å². The number of hydrogen-bond acceptors (Lipinski definition) is 21. The number of phenols is 1. The molecule has 0 aromatic heterocycles. The van der Waals surface area contributed by atoms with Crippen molar-refractivity contribution >= 4 is 94.8 Å². The molecule has 2 aliphatic heterocycles. The average molecular weight is 1490 g/mol. The van der Waals surface area contributed by atoms with Crippen molar-refractivity contribution in [2.45, 2.75) is 248 Å². The van der Waals surface area contributed by atoms with Gasteiger partial charge in [-0.05, 0) is 165 Å². The van der Waals surface area contributed by atoms with Crippen LogP contribution >= 0.6 is 0 Å². The average Bonchev–Trinajstić information content (AvgIpc) is 1.73. The molecule has 1 aromatic carbocycles. The van der Waals surface area contributed by atoms with Gasteiger partial charge in [0.1, 0.15) is 72.2 Å². The molecule has 37 nitrogen and oxygen atoms in total. The van der Waals surface area contributed by atoms with Crippen LogP contribution < -0.4 is 76.5 Å². The molecule has 0 aliphatic carbocycles. The predicted molar refractivity (Wildman–Crippen MR) is 376 cm³/mol. The standard InChI is InChI=1S/C68H110N16O21/c1-5-38(4)56(65(101)79-47(68(104)105)23-26-52(73)86)82-60(96)45(25-28-54(89)90)76-62(98)49(36-55(91)92)80-59(95)44(24-27-53(87)88)77-63(99)51-18-13-33-84(51)67(103)46(16-8-11-31-71)78-58(94)43(15-7-10-30-70)74-57(93)42(14-6-9-29-69)75-61(97)48(34-37(2)3)81-64(100)50-17-12-32-83(50)66(102)41(72)35-39-19-21-40(85)22-20-39/h19-22,37-38,41-51,56,85H,5-18,23-36,69-72H2,1-4H3,(H2,73,86)(H,74,93)(H,75,97)(H,76,98)(H,77,99)(H,78,94)(H,79,101)(H,80,95)(H,81,100)(H,82,96)(H,87,88)(H,89,90)(H,91,92)(H,104,105)/t38-,41-,42-,43-,44-,45-,46-,47-,48-,49-,50-,51-,56-/m0/s1. The van der Waals surface area contributed by atoms with Crippen LogP contribution in [-0.4, -0.2) is 235 Å². The molecule has 13 atom stereocenters. The van der Waals surface area contributed by atoms with Gasteiger partial charge >= 0.3 is 23.9 Å². The minimum Gasteiger partial charge on any atom is -0.508 e. The quantitative estimate of drug-likeness (QED) is 0.0283. The number of carboxylic acids is 4. The van der Waals surface area contributed by atoms with E-state index in [4.69, 9.17) is 28.7 Å². The van der Waals surface area contributed by atoms with E-state index < -0.39 is 218 Å². The van der Waals surface area contributed by atoms with E-state index in [0.29, 0.717) is 37.7 Å². The number of amides is 12. The number of nitrogens with two attached hydrogens (primary N) is 5. The number of carbonyl (C=O) groups is 16. The molecule has 24 N–H and O–H groups in total. The maximum Gasteiger partial charge on any atom is 0.326 e. The van der Waals surface area contributed by atoms with Crippen molar-refractivity contribution in [1.82, 2.24) is 57.7 Å². The summed E-state index contributed by atoms with van der Waals surface area (Å²) in [4.78, 5) is 218. The van der Waals surface area contributed by atoms with Gasteiger partial charge in [0.25, 0.3) is 0 Å². The summed E-state index contributed by atoms with van der Waals surface area (Å²) in [5, 5.41) is 71.1. The Hall–Kier alpha value is -9.62. The summed E-state index contributed by atoms with van der Waals surface area (Å²) in [5.74, 6) is -18.2. The summed E-state index contributed by atoms with van der Waals surface area (Å²) in [7, 11) is 0. The van der Waals surface area contributed by atoms with Gasteiger partial charge in [-0.1, -0.05) is 46.2 Å². The molecule has 12 amide bonds. The summed E-state index contributed by atoms with van der Waals surface area (Å²) in [6.07, 6.45) is -1.73. The third kappa shape index (κ3) is 31.3. The van der Waals surface area contributed by atoms with Gasteiger partial charge in [-0.3, -0.25) is 71.9 Å². The summed E-state index contributed by atoms with van der Waals surface area (Å²) in [6.45, 7) is 7.49. The van der Waals surface area contributed by atoms with Crippen LogP contribution in [0.3, 0.4) is 0 Å². The number of primary amides is 1. The van der Waals surface area contributed by atoms with Gasteiger partial charge in [0.05, 0.1) is 12.5 Å². The molecule has 2 heterocycles. The first-order valence-electron chi connectivity index (χ1n) is 35.8. The second kappa shape index (κ2) is 46.3. The molecule has 0 bridgehead atoms. The molecule has 105 heavy (non-hydrogen) atoms. The smallest absolute Gasteiger partial charge is 0.326 e. The summed E-state index contributed by atoms with van der Waals surface area (Å²) in [5.41, 5.74) is 29.7. The molecule has 2 aliphatic rings. The first-order valence-corrected chi connectivity index (χ1v) is 35.8. The van der Waals surface area contributed by atoms with E-state index in [-0.39, 0.29) is 115 Å². The van der Waals surface area contributed by atoms with E-state index in [1.165, 1.54) is 24.0 Å². The van der Waals surface area contributed by atoms with Crippen molar-refractivity contribution < 1.29 is 102 Å². The lowest BCUT2D eigenvalue weighted by molar-refractivity contribution is -0.143. The van der Waals surface area contributed by atoms with Crippen molar-refractivity contribution in [3.8, 4) is 5.75 Å². The van der Waals surface area contributed by atoms with Crippen LogP contribution in [0.1, 0.15) is 175 Å². The zero-order chi connectivity index (χ0) is 78.6. The maximum atomic E-state index is 14.9. The molecule has 0 unspecified atom stereocenters. The molecule has 588 valence electrons. The van der Waals surface area contributed by atoms with Crippen molar-refractivity contribution in [1.29, 1.82) is 0 Å². The fraction of sp³-hybridized carbons (Fsp3) is 0.676. The number of rotatable bonds is 50. The van der Waals surface area contributed by atoms with Crippen molar-refractivity contribution in [3.63, 3.8) is 0 Å². The number of aliphatic carboxylic acids is 4. The fourth-order valence-corrected chi connectivity index (χ4v) is 12.1. The van der Waals surface area contributed by atoms with E-state index >= 15 is 0 Å². The van der Waals surface area contributed by atoms with Gasteiger partial charge in [-0.2, -0.15) is 0 Å². The number of phenolic OH excluding ortho intramolecular Hbond substituents is 1. The SMILES string of the molecule is CC[C@H](C)[C@H](NC(=O)[C@H](CCC(=O)O)NC(=O)[C@H](CC(=O)O)NC(=O)[C@H](CCC(=O)O)NC(=O)[C@@H]1CCCN1C(=O)[C@H](CCCCN)NC(=O)[C@H](CCCCN)NC(=O)[C@H](CCCCN)NC(=O)[C@H](CC(C)C)NC(=O)[C@@H]1CCCN1C(=O)[C@@H](N)Cc1ccc(O)cc1)C(=O)N[C@@H](CCC(N)=O)C(=O)O. The zero-order valence-electron chi connectivity index (χ0n) is 60.2. The lowest BCUT2D eigenvalue weighted by Gasteiger charge is -2.31. The van der Waals surface area contributed by atoms with Crippen molar-refractivity contribution in [3.05, 3.63) is 29.8 Å². The van der Waals surface area contributed by atoms with Crippen LogP contribution in [0.5, 0.6) is 5.75 Å². The van der Waals surface area contributed by atoms with Gasteiger partial charge in [-0.25, -0.2) is 4.79 Å². The van der Waals surface area contributed by atoms with Crippen LogP contribution in [0.25, 0.3) is 0 Å². The van der Waals surface area contributed by atoms with E-state index in [1.54, 1.807) is 19.1 Å². The van der Waals surface area contributed by atoms with Gasteiger partial charge in [0.15, 0.2) is 0 Å². The minimum absolute atomic E-state index is 0.0210. The lowest BCUT2D eigenvalue weighted by atomic mass is 9.96. The van der Waals surface area contributed by atoms with Gasteiger partial charge in [-0.15, -0.1) is 0 Å². The van der Waals surface area contributed by atoms with Gasteiger partial charge in [0, 0.05) is 32.4 Å². The zero-order valence-corrected chi connectivity index (χ0v) is 60.2. The van der Waals surface area contributed by atoms with Crippen molar-refractivity contribution in [2.24, 2.45) is 40.5 Å². The largest absolute Gasteiger partial charge is 0.508 e. The minimum atomic E-state index is -2.13. The Balaban J connectivity index is 1.91. The highest BCUT2D eigenvalue weighted by Crippen LogP contribution is 2.24. The van der Waals surface area contributed by atoms with E-state index in [1.807, 2.05) is 13.8 Å². The number of benzene rings is 1. The fourth-order valence-electron chi connectivity index (χ4n) is 12.1. The number of nitrogens with one attached hydrogen (secondary N) is 9. The molecule has 0 saturated carbocycles. The highest BCUT2D eigenvalue weighted by molar-refractivity contribution is 6.00. The first kappa shape index (κ1) is 89.6. The molecule has 0 radical (unpaired) electrons. The van der Waals surface area contributed by atoms with Crippen molar-refractivity contribution in [2.75, 3.05) is 32.7 Å². The lowest BCUT2D eigenvalue weighted by Crippen LogP contribution is -2.61. The third-order valence-electron chi connectivity index (χ3n) is 18.1. The highest BCUT2D eigenvalue weighted by Gasteiger charge is 2.43. The predicted octanol–water partition coefficient (Wildman–Crippen LogP) is -3.36. The number of unbranched alkanes of at least 4 members (excludes halogenated alkanes) is 3. The van der Waals surface area contributed by atoms with E-state index in [9.17, 15) is 102 Å². The summed E-state index contributed by atoms with van der Waals surface area (Å²) < 4.78 is 0. The molecule has 37 heteroatoms. The second-order valence-electron chi connectivity index (χ2n) is 27.0. The summed E-state index contributed by atoms with van der Waals surface area (Å²) >= 11 is 0. The number of aromatic hydroxyl groups is 1. The van der Waals surface area contributed by atoms with E-state index in [0.717, 1.165) is 4.90 Å². The molecule has 1 aromatic rings. The van der Waals surface area contributed by atoms with Crippen LogP contribution in [0.4, 0.5) is 0 Å². The number of carboxylic acid groups (broad SMARTS) is 4. The molecule has 0 spiro atoms. The topological polar surface area (TPSA) is 619 Å². The third-order valence-corrected chi connectivity index (χ3v) is 18.1. The number of carbonyl (C=O) groups excluding carboxylic acids is 12. The molecule has 3 rings (SSSR count). The normalized spacial score (nSPS) is 17.3. The van der Waals surface area contributed by atoms with Gasteiger partial charge < -0.3 is 112 Å². The monoisotopic (exact) mass is 1490 g/mol. The number of likely N-dealkylation sites (tertiary alicyclic amines) is 2. The Labute approximate surface area is 609 Å². The number of hydrogen-bond donors (Lipinski definition) is 19. The maximum absolute atomic E-state index is 14.9. The molecular formula is C68H110N16O21. The Morgan fingerprint density at radius 3 is 1.30 bits per heavy atom. The van der Waals surface area contributed by atoms with Crippen LogP contribution in [0, 0.1) is 11.8 Å². The highest BCUT2D eigenvalue weighted by atomic mass is 16.4. The Bertz CT molecular complexity index is 3140.